The number of hydrogen-bond acceptors (Lipinski definition) is 6. The van der Waals surface area contributed by atoms with Gasteiger partial charge in [-0.3, -0.25) is 10.1 Å². The van der Waals surface area contributed by atoms with Gasteiger partial charge < -0.3 is 11.1 Å². The topological polar surface area (TPSA) is 94.1 Å². The Morgan fingerprint density at radius 2 is 2.38 bits per heavy atom. The van der Waals surface area contributed by atoms with Crippen LogP contribution in [0.5, 0.6) is 0 Å². The second-order valence-corrected chi connectivity index (χ2v) is 4.02. The summed E-state index contributed by atoms with van der Waals surface area (Å²) >= 11 is 1.38. The number of fused-ring (bicyclic) bond motifs is 1. The third-order valence-corrected chi connectivity index (χ3v) is 2.91. The first-order valence-corrected chi connectivity index (χ1v) is 5.56. The number of nitro benzene ring substituents is 1. The van der Waals surface area contributed by atoms with E-state index in [1.807, 2.05) is 6.07 Å². The summed E-state index contributed by atoms with van der Waals surface area (Å²) in [6.07, 6.45) is 0. The smallest absolute Gasteiger partial charge is 0.319 e. The molecule has 2 rings (SSSR count). The summed E-state index contributed by atoms with van der Waals surface area (Å²) in [6.45, 7) is 0.919. The lowest BCUT2D eigenvalue weighted by Crippen LogP contribution is -2.14. The van der Waals surface area contributed by atoms with Gasteiger partial charge in [0.25, 0.3) is 0 Å². The van der Waals surface area contributed by atoms with Gasteiger partial charge in [0, 0.05) is 13.1 Å². The van der Waals surface area contributed by atoms with Gasteiger partial charge in [-0.1, -0.05) is 0 Å². The Balaban J connectivity index is 2.54. The highest BCUT2D eigenvalue weighted by Crippen LogP contribution is 2.33. The molecular formula is C9H10N4O2S. The fourth-order valence-electron chi connectivity index (χ4n) is 1.45. The van der Waals surface area contributed by atoms with Crippen LogP contribution in [0, 0.1) is 10.1 Å². The van der Waals surface area contributed by atoms with Gasteiger partial charge in [-0.05, 0) is 12.1 Å². The van der Waals surface area contributed by atoms with Gasteiger partial charge in [0.05, 0.1) is 15.1 Å². The minimum absolute atomic E-state index is 0.0206. The van der Waals surface area contributed by atoms with Crippen molar-refractivity contribution in [3.8, 4) is 0 Å². The average molecular weight is 238 g/mol. The quantitative estimate of drug-likeness (QED) is 0.623. The lowest BCUT2D eigenvalue weighted by atomic mass is 10.2. The van der Waals surface area contributed by atoms with E-state index in [4.69, 9.17) is 5.73 Å². The average Bonchev–Trinajstić information content (AvgIpc) is 2.72. The van der Waals surface area contributed by atoms with Crippen LogP contribution in [0.1, 0.15) is 0 Å². The summed E-state index contributed by atoms with van der Waals surface area (Å²) in [5, 5.41) is 13.9. The molecule has 1 aromatic carbocycles. The van der Waals surface area contributed by atoms with Gasteiger partial charge in [0.15, 0.2) is 5.52 Å². The maximum Gasteiger partial charge on any atom is 0.319 e. The van der Waals surface area contributed by atoms with Crippen molar-refractivity contribution in [1.82, 2.24) is 4.98 Å². The van der Waals surface area contributed by atoms with Crippen LogP contribution >= 0.6 is 11.3 Å². The van der Waals surface area contributed by atoms with Crippen molar-refractivity contribution < 1.29 is 4.92 Å². The number of nitrogens with two attached hydrogens (primary N) is 1. The Kier molecular flexibility index (Phi) is 2.97. The molecule has 0 radical (unpaired) electrons. The highest BCUT2D eigenvalue weighted by atomic mass is 32.1. The van der Waals surface area contributed by atoms with Crippen LogP contribution in [0.15, 0.2) is 17.6 Å². The van der Waals surface area contributed by atoms with E-state index < -0.39 is 4.92 Å². The molecular weight excluding hydrogens is 228 g/mol. The van der Waals surface area contributed by atoms with E-state index in [1.165, 1.54) is 11.3 Å². The Morgan fingerprint density at radius 3 is 3.06 bits per heavy atom. The number of anilines is 1. The fraction of sp³-hybridized carbons (Fsp3) is 0.222. The molecule has 0 amide bonds. The van der Waals surface area contributed by atoms with E-state index in [9.17, 15) is 10.1 Å². The number of nitro groups is 1. The normalized spacial score (nSPS) is 10.6. The van der Waals surface area contributed by atoms with E-state index in [0.717, 1.165) is 4.70 Å². The van der Waals surface area contributed by atoms with Gasteiger partial charge in [-0.2, -0.15) is 0 Å². The molecule has 1 heterocycles. The Morgan fingerprint density at radius 1 is 1.56 bits per heavy atom. The van der Waals surface area contributed by atoms with Crippen molar-refractivity contribution in [3.63, 3.8) is 0 Å². The zero-order valence-electron chi connectivity index (χ0n) is 8.34. The van der Waals surface area contributed by atoms with E-state index >= 15 is 0 Å². The SMILES string of the molecule is NCCNc1ccc2scnc2c1[N+](=O)[O-]. The Bertz CT molecular complexity index is 525. The summed E-state index contributed by atoms with van der Waals surface area (Å²) in [6, 6.07) is 3.51. The third kappa shape index (κ3) is 1.82. The van der Waals surface area contributed by atoms with Crippen LogP contribution in [-0.2, 0) is 0 Å². The van der Waals surface area contributed by atoms with Crippen molar-refractivity contribution in [3.05, 3.63) is 27.8 Å². The van der Waals surface area contributed by atoms with E-state index in [2.05, 4.69) is 10.3 Å². The zero-order chi connectivity index (χ0) is 11.5. The maximum absolute atomic E-state index is 11.0. The summed E-state index contributed by atoms with van der Waals surface area (Å²) in [5.41, 5.74) is 7.87. The van der Waals surface area contributed by atoms with Crippen molar-refractivity contribution in [2.45, 2.75) is 0 Å². The largest absolute Gasteiger partial charge is 0.378 e. The first-order chi connectivity index (χ1) is 7.74. The number of benzene rings is 1. The van der Waals surface area contributed by atoms with Gasteiger partial charge >= 0.3 is 5.69 Å². The third-order valence-electron chi connectivity index (χ3n) is 2.12. The molecule has 6 nitrogen and oxygen atoms in total. The summed E-state index contributed by atoms with van der Waals surface area (Å²) in [5.74, 6) is 0. The number of nitrogens with zero attached hydrogens (tertiary/aromatic N) is 2. The Hall–Kier alpha value is -1.73. The van der Waals surface area contributed by atoms with Crippen LogP contribution in [0.2, 0.25) is 0 Å². The second kappa shape index (κ2) is 4.42. The maximum atomic E-state index is 11.0. The fourth-order valence-corrected chi connectivity index (χ4v) is 2.13. The lowest BCUT2D eigenvalue weighted by molar-refractivity contribution is -0.382. The van der Waals surface area contributed by atoms with Crippen molar-refractivity contribution >= 4 is 32.9 Å². The molecule has 0 bridgehead atoms. The zero-order valence-corrected chi connectivity index (χ0v) is 9.16. The molecule has 2 aromatic rings. The lowest BCUT2D eigenvalue weighted by Gasteiger charge is -2.05. The number of nitrogens with one attached hydrogen (secondary N) is 1. The molecule has 0 atom stereocenters. The molecule has 3 N–H and O–H groups in total. The van der Waals surface area contributed by atoms with Crippen LogP contribution in [-0.4, -0.2) is 23.0 Å². The molecule has 0 unspecified atom stereocenters. The highest BCUT2D eigenvalue weighted by Gasteiger charge is 2.19. The van der Waals surface area contributed by atoms with Gasteiger partial charge in [0.1, 0.15) is 5.69 Å². The Labute approximate surface area is 95.2 Å². The first kappa shape index (κ1) is 10.8. The van der Waals surface area contributed by atoms with Crippen LogP contribution in [0.3, 0.4) is 0 Å². The van der Waals surface area contributed by atoms with Gasteiger partial charge in [-0.25, -0.2) is 4.98 Å². The molecule has 0 aliphatic rings. The molecule has 0 aliphatic heterocycles. The van der Waals surface area contributed by atoms with Crippen molar-refractivity contribution in [2.75, 3.05) is 18.4 Å². The van der Waals surface area contributed by atoms with Crippen molar-refractivity contribution in [2.24, 2.45) is 5.73 Å². The summed E-state index contributed by atoms with van der Waals surface area (Å²) in [4.78, 5) is 14.6. The standard InChI is InChI=1S/C9H10N4O2S/c10-3-4-11-6-1-2-7-8(12-5-16-7)9(6)13(14)15/h1-2,5,11H,3-4,10H2. The minimum Gasteiger partial charge on any atom is -0.378 e. The summed E-state index contributed by atoms with van der Waals surface area (Å²) in [7, 11) is 0. The second-order valence-electron chi connectivity index (χ2n) is 3.13. The molecule has 16 heavy (non-hydrogen) atoms. The van der Waals surface area contributed by atoms with Gasteiger partial charge in [0.2, 0.25) is 0 Å². The molecule has 7 heteroatoms. The number of thiazole rings is 1. The molecule has 0 fully saturated rings. The molecule has 1 aromatic heterocycles. The highest BCUT2D eigenvalue weighted by molar-refractivity contribution is 7.16. The molecule has 0 spiro atoms. The summed E-state index contributed by atoms with van der Waals surface area (Å²) < 4.78 is 0.810. The molecule has 0 saturated heterocycles. The van der Waals surface area contributed by atoms with E-state index in [-0.39, 0.29) is 5.69 Å². The predicted octanol–water partition coefficient (Wildman–Crippen LogP) is 1.58. The molecule has 84 valence electrons. The first-order valence-electron chi connectivity index (χ1n) is 4.68. The van der Waals surface area contributed by atoms with Crippen LogP contribution in [0.25, 0.3) is 10.2 Å². The monoisotopic (exact) mass is 238 g/mol. The van der Waals surface area contributed by atoms with E-state index in [1.54, 1.807) is 11.6 Å². The minimum atomic E-state index is -0.416. The van der Waals surface area contributed by atoms with Crippen molar-refractivity contribution in [1.29, 1.82) is 0 Å². The molecule has 0 saturated carbocycles. The predicted molar refractivity (Wildman–Crippen MR) is 63.8 cm³/mol. The van der Waals surface area contributed by atoms with E-state index in [0.29, 0.717) is 24.3 Å². The van der Waals surface area contributed by atoms with Gasteiger partial charge in [-0.15, -0.1) is 11.3 Å². The number of hydrogen-bond donors (Lipinski definition) is 2. The molecule has 0 aliphatic carbocycles. The number of rotatable bonds is 4. The van der Waals surface area contributed by atoms with Crippen LogP contribution < -0.4 is 11.1 Å². The number of aromatic nitrogens is 1. The van der Waals surface area contributed by atoms with Crippen LogP contribution in [0.4, 0.5) is 11.4 Å².